The fourth-order valence-electron chi connectivity index (χ4n) is 3.41. The van der Waals surface area contributed by atoms with Crippen LogP contribution in [0.25, 0.3) is 0 Å². The van der Waals surface area contributed by atoms with E-state index in [1.54, 1.807) is 44.6 Å². The highest BCUT2D eigenvalue weighted by atomic mass is 16.5. The molecule has 5 nitrogen and oxygen atoms in total. The van der Waals surface area contributed by atoms with Crippen molar-refractivity contribution in [3.05, 3.63) is 59.2 Å². The van der Waals surface area contributed by atoms with Crippen LogP contribution in [0.4, 0.5) is 0 Å². The number of carbonyl (C=O) groups excluding carboxylic acids is 1. The third-order valence-electron chi connectivity index (χ3n) is 4.79. The molecule has 2 aromatic carbocycles. The van der Waals surface area contributed by atoms with Crippen molar-refractivity contribution in [2.75, 3.05) is 14.2 Å². The number of hydrogen-bond donors (Lipinski definition) is 1. The van der Waals surface area contributed by atoms with E-state index < -0.39 is 17.8 Å². The summed E-state index contributed by atoms with van der Waals surface area (Å²) in [6, 6.07) is 12.4. The molecular weight excluding hydrogens is 320 g/mol. The number of aliphatic carboxylic acids is 1. The summed E-state index contributed by atoms with van der Waals surface area (Å²) in [6.07, 6.45) is 0. The number of carbonyl (C=O) groups is 2. The molecule has 0 aromatic heterocycles. The first-order valence-electron chi connectivity index (χ1n) is 8.03. The third kappa shape index (κ3) is 3.09. The van der Waals surface area contributed by atoms with E-state index in [9.17, 15) is 14.7 Å². The maximum atomic E-state index is 12.9. The first-order valence-corrected chi connectivity index (χ1v) is 8.03. The van der Waals surface area contributed by atoms with Gasteiger partial charge in [0.2, 0.25) is 0 Å². The number of carboxylic acids is 1. The summed E-state index contributed by atoms with van der Waals surface area (Å²) in [5, 5.41) is 9.49. The summed E-state index contributed by atoms with van der Waals surface area (Å²) >= 11 is 0. The Morgan fingerprint density at radius 2 is 1.64 bits per heavy atom. The minimum atomic E-state index is -0.940. The number of carboxylic acid groups (broad SMARTS) is 1. The number of methoxy groups -OCH3 is 2. The van der Waals surface area contributed by atoms with E-state index in [1.807, 2.05) is 19.1 Å². The second kappa shape index (κ2) is 6.59. The summed E-state index contributed by atoms with van der Waals surface area (Å²) < 4.78 is 10.3. The fraction of sp³-hybridized carbons (Fsp3) is 0.300. The molecule has 1 saturated carbocycles. The van der Waals surface area contributed by atoms with Crippen molar-refractivity contribution >= 4 is 11.8 Å². The monoisotopic (exact) mass is 340 g/mol. The normalized spacial score (nSPS) is 21.5. The largest absolute Gasteiger partial charge is 0.497 e. The van der Waals surface area contributed by atoms with Gasteiger partial charge in [0.15, 0.2) is 5.78 Å². The van der Waals surface area contributed by atoms with Crippen LogP contribution in [0, 0.1) is 18.8 Å². The molecule has 3 atom stereocenters. The molecule has 25 heavy (non-hydrogen) atoms. The van der Waals surface area contributed by atoms with Gasteiger partial charge < -0.3 is 14.6 Å². The van der Waals surface area contributed by atoms with Crippen molar-refractivity contribution in [1.82, 2.24) is 0 Å². The predicted molar refractivity (Wildman–Crippen MR) is 92.4 cm³/mol. The first-order chi connectivity index (χ1) is 12.0. The van der Waals surface area contributed by atoms with E-state index in [-0.39, 0.29) is 11.7 Å². The summed E-state index contributed by atoms with van der Waals surface area (Å²) in [5.74, 6) is -1.22. The number of Topliss-reactive ketones (excluding diaryl/α,β-unsaturated/α-hetero) is 1. The highest BCUT2D eigenvalue weighted by Crippen LogP contribution is 2.55. The van der Waals surface area contributed by atoms with E-state index in [0.29, 0.717) is 17.1 Å². The Kier molecular flexibility index (Phi) is 4.49. The second-order valence-corrected chi connectivity index (χ2v) is 6.24. The number of ketones is 1. The highest BCUT2D eigenvalue weighted by molar-refractivity contribution is 6.04. The van der Waals surface area contributed by atoms with Gasteiger partial charge in [0, 0.05) is 17.4 Å². The zero-order chi connectivity index (χ0) is 18.1. The minimum absolute atomic E-state index is 0.140. The van der Waals surface area contributed by atoms with E-state index in [2.05, 4.69) is 0 Å². The Morgan fingerprint density at radius 1 is 0.960 bits per heavy atom. The molecule has 0 saturated heterocycles. The lowest BCUT2D eigenvalue weighted by atomic mass is 10.0. The van der Waals surface area contributed by atoms with Gasteiger partial charge in [-0.1, -0.05) is 12.1 Å². The van der Waals surface area contributed by atoms with E-state index in [1.165, 1.54) is 0 Å². The van der Waals surface area contributed by atoms with E-state index in [0.717, 1.165) is 11.1 Å². The Balaban J connectivity index is 1.87. The summed E-state index contributed by atoms with van der Waals surface area (Å²) in [4.78, 5) is 24.4. The zero-order valence-corrected chi connectivity index (χ0v) is 14.4. The first kappa shape index (κ1) is 17.0. The molecule has 1 fully saturated rings. The highest BCUT2D eigenvalue weighted by Gasteiger charge is 2.59. The van der Waals surface area contributed by atoms with Crippen molar-refractivity contribution in [2.45, 2.75) is 12.8 Å². The molecule has 0 heterocycles. The molecule has 0 spiro atoms. The van der Waals surface area contributed by atoms with Crippen LogP contribution in [0.15, 0.2) is 42.5 Å². The van der Waals surface area contributed by atoms with Gasteiger partial charge in [-0.15, -0.1) is 0 Å². The van der Waals surface area contributed by atoms with Crippen molar-refractivity contribution in [2.24, 2.45) is 11.8 Å². The van der Waals surface area contributed by atoms with Crippen LogP contribution in [0.2, 0.25) is 0 Å². The summed E-state index contributed by atoms with van der Waals surface area (Å²) in [5.41, 5.74) is 2.21. The molecule has 2 aromatic rings. The third-order valence-corrected chi connectivity index (χ3v) is 4.79. The van der Waals surface area contributed by atoms with Gasteiger partial charge in [-0.25, -0.2) is 0 Å². The van der Waals surface area contributed by atoms with Crippen LogP contribution in [0.1, 0.15) is 27.4 Å². The fourth-order valence-corrected chi connectivity index (χ4v) is 3.41. The topological polar surface area (TPSA) is 72.8 Å². The van der Waals surface area contributed by atoms with Gasteiger partial charge >= 0.3 is 5.97 Å². The molecular formula is C20H20O5. The minimum Gasteiger partial charge on any atom is -0.497 e. The lowest BCUT2D eigenvalue weighted by Crippen LogP contribution is -2.08. The van der Waals surface area contributed by atoms with Crippen molar-refractivity contribution in [3.8, 4) is 11.5 Å². The van der Waals surface area contributed by atoms with Crippen molar-refractivity contribution in [1.29, 1.82) is 0 Å². The Morgan fingerprint density at radius 3 is 2.16 bits per heavy atom. The average molecular weight is 340 g/mol. The predicted octanol–water partition coefficient (Wildman–Crippen LogP) is 3.31. The van der Waals surface area contributed by atoms with E-state index >= 15 is 0 Å². The van der Waals surface area contributed by atoms with Crippen LogP contribution in [-0.4, -0.2) is 31.1 Å². The van der Waals surface area contributed by atoms with Crippen LogP contribution in [-0.2, 0) is 4.79 Å². The molecule has 1 N–H and O–H groups in total. The Labute approximate surface area is 146 Å². The SMILES string of the molecule is COc1ccc(C2C(C(=O)O)C2C(=O)c2ccc(OC)c(C)c2)cc1. The van der Waals surface area contributed by atoms with Gasteiger partial charge in [0.1, 0.15) is 11.5 Å². The van der Waals surface area contributed by atoms with Gasteiger partial charge in [-0.3, -0.25) is 9.59 Å². The molecule has 1 aliphatic carbocycles. The molecule has 5 heteroatoms. The molecule has 0 aliphatic heterocycles. The van der Waals surface area contributed by atoms with Gasteiger partial charge in [0.05, 0.1) is 20.1 Å². The zero-order valence-electron chi connectivity index (χ0n) is 14.4. The number of hydrogen-bond acceptors (Lipinski definition) is 4. The molecule has 3 unspecified atom stereocenters. The quantitative estimate of drug-likeness (QED) is 0.817. The van der Waals surface area contributed by atoms with Crippen LogP contribution in [0.5, 0.6) is 11.5 Å². The molecule has 1 aliphatic rings. The van der Waals surface area contributed by atoms with Gasteiger partial charge in [0.25, 0.3) is 0 Å². The van der Waals surface area contributed by atoms with Gasteiger partial charge in [-0.2, -0.15) is 0 Å². The number of rotatable bonds is 6. The number of benzene rings is 2. The average Bonchev–Trinajstić information content (AvgIpc) is 3.37. The maximum absolute atomic E-state index is 12.9. The number of ether oxygens (including phenoxy) is 2. The van der Waals surface area contributed by atoms with Crippen LogP contribution >= 0.6 is 0 Å². The molecule has 0 amide bonds. The Hall–Kier alpha value is -2.82. The molecule has 0 bridgehead atoms. The van der Waals surface area contributed by atoms with Crippen LogP contribution in [0.3, 0.4) is 0 Å². The molecule has 130 valence electrons. The molecule has 3 rings (SSSR count). The van der Waals surface area contributed by atoms with Crippen molar-refractivity contribution in [3.63, 3.8) is 0 Å². The smallest absolute Gasteiger partial charge is 0.307 e. The number of aryl methyl sites for hydroxylation is 1. The second-order valence-electron chi connectivity index (χ2n) is 6.24. The van der Waals surface area contributed by atoms with Crippen LogP contribution < -0.4 is 9.47 Å². The lowest BCUT2D eigenvalue weighted by molar-refractivity contribution is -0.138. The van der Waals surface area contributed by atoms with E-state index in [4.69, 9.17) is 9.47 Å². The summed E-state index contributed by atoms with van der Waals surface area (Å²) in [6.45, 7) is 1.86. The maximum Gasteiger partial charge on any atom is 0.307 e. The molecule has 0 radical (unpaired) electrons. The summed E-state index contributed by atoms with van der Waals surface area (Å²) in [7, 11) is 3.15. The Bertz CT molecular complexity index is 809. The van der Waals surface area contributed by atoms with Crippen molar-refractivity contribution < 1.29 is 24.2 Å². The lowest BCUT2D eigenvalue weighted by Gasteiger charge is -2.07. The standard InChI is InChI=1S/C20H20O5/c1-11-10-13(6-9-15(11)25-3)19(21)17-16(18(17)20(22)23)12-4-7-14(24-2)8-5-12/h4-10,16-18H,1-3H3,(H,22,23). The van der Waals surface area contributed by atoms with Gasteiger partial charge in [-0.05, 0) is 48.4 Å².